The van der Waals surface area contributed by atoms with Crippen LogP contribution in [0.2, 0.25) is 0 Å². The van der Waals surface area contributed by atoms with Crippen LogP contribution < -0.4 is 4.90 Å². The first kappa shape index (κ1) is 30.4. The SMILES string of the molecule is N#Cc1ccncc1-c1cccc2c3cccc(-c4cnccc4C#N)c3n(-c3cccc4c3C(=O)N(c3ccc(-c5ccccc5)cc3)C4=O)c12. The third kappa shape index (κ3) is 4.53. The molecule has 0 aliphatic carbocycles. The summed E-state index contributed by atoms with van der Waals surface area (Å²) in [7, 11) is 0. The fourth-order valence-corrected chi connectivity index (χ4v) is 7.33. The number of imide groups is 1. The molecule has 0 unspecified atom stereocenters. The minimum absolute atomic E-state index is 0.251. The number of pyridine rings is 2. The van der Waals surface area contributed by atoms with Gasteiger partial charge in [-0.3, -0.25) is 19.6 Å². The Labute approximate surface area is 297 Å². The van der Waals surface area contributed by atoms with E-state index >= 15 is 0 Å². The van der Waals surface area contributed by atoms with Crippen molar-refractivity contribution in [1.29, 1.82) is 10.5 Å². The number of amides is 2. The summed E-state index contributed by atoms with van der Waals surface area (Å²) in [4.78, 5) is 38.8. The van der Waals surface area contributed by atoms with Crippen molar-refractivity contribution in [2.45, 2.75) is 0 Å². The summed E-state index contributed by atoms with van der Waals surface area (Å²) in [5.74, 6) is -0.875. The molecule has 5 aromatic carbocycles. The summed E-state index contributed by atoms with van der Waals surface area (Å²) >= 11 is 0. The van der Waals surface area contributed by atoms with Gasteiger partial charge in [-0.15, -0.1) is 0 Å². The quantitative estimate of drug-likeness (QED) is 0.169. The van der Waals surface area contributed by atoms with Crippen LogP contribution in [0.3, 0.4) is 0 Å². The van der Waals surface area contributed by atoms with Crippen molar-refractivity contribution in [2.75, 3.05) is 4.90 Å². The van der Waals surface area contributed by atoms with Crippen LogP contribution in [0.5, 0.6) is 0 Å². The van der Waals surface area contributed by atoms with E-state index in [1.54, 1.807) is 61.2 Å². The van der Waals surface area contributed by atoms with Crippen molar-refractivity contribution in [2.24, 2.45) is 0 Å². The minimum Gasteiger partial charge on any atom is -0.307 e. The summed E-state index contributed by atoms with van der Waals surface area (Å²) in [5.41, 5.74) is 8.47. The van der Waals surface area contributed by atoms with E-state index in [-0.39, 0.29) is 11.1 Å². The molecule has 0 saturated carbocycles. The highest BCUT2D eigenvalue weighted by molar-refractivity contribution is 6.36. The molecule has 8 heteroatoms. The molecule has 1 aliphatic heterocycles. The molecule has 1 aliphatic rings. The van der Waals surface area contributed by atoms with Crippen molar-refractivity contribution in [3.8, 4) is 51.2 Å². The number of fused-ring (bicyclic) bond motifs is 4. The van der Waals surface area contributed by atoms with Crippen LogP contribution in [0.4, 0.5) is 5.69 Å². The van der Waals surface area contributed by atoms with E-state index in [2.05, 4.69) is 22.1 Å². The van der Waals surface area contributed by atoms with E-state index in [4.69, 9.17) is 0 Å². The molecule has 0 atom stereocenters. The lowest BCUT2D eigenvalue weighted by Gasteiger charge is -2.17. The molecule has 8 nitrogen and oxygen atoms in total. The second-order valence-electron chi connectivity index (χ2n) is 12.4. The van der Waals surface area contributed by atoms with Crippen LogP contribution in [-0.2, 0) is 0 Å². The van der Waals surface area contributed by atoms with Crippen LogP contribution in [0.1, 0.15) is 31.8 Å². The molecule has 0 saturated heterocycles. The van der Waals surface area contributed by atoms with Gasteiger partial charge >= 0.3 is 0 Å². The van der Waals surface area contributed by atoms with E-state index in [0.29, 0.717) is 33.6 Å². The van der Waals surface area contributed by atoms with Gasteiger partial charge in [0.05, 0.1) is 56.8 Å². The number of hydrogen-bond acceptors (Lipinski definition) is 6. The van der Waals surface area contributed by atoms with Crippen molar-refractivity contribution in [3.05, 3.63) is 168 Å². The van der Waals surface area contributed by atoms with Gasteiger partial charge < -0.3 is 4.57 Å². The largest absolute Gasteiger partial charge is 0.307 e. The zero-order valence-electron chi connectivity index (χ0n) is 27.4. The number of carbonyl (C=O) groups excluding carboxylic acids is 2. The van der Waals surface area contributed by atoms with Gasteiger partial charge in [-0.05, 0) is 47.5 Å². The molecule has 9 rings (SSSR count). The molecule has 52 heavy (non-hydrogen) atoms. The van der Waals surface area contributed by atoms with Crippen molar-refractivity contribution < 1.29 is 9.59 Å². The van der Waals surface area contributed by atoms with Crippen molar-refractivity contribution in [3.63, 3.8) is 0 Å². The summed E-state index contributed by atoms with van der Waals surface area (Å²) in [6.07, 6.45) is 6.49. The summed E-state index contributed by atoms with van der Waals surface area (Å²) in [6, 6.07) is 42.2. The number of benzene rings is 5. The summed E-state index contributed by atoms with van der Waals surface area (Å²) in [5, 5.41) is 22.0. The van der Waals surface area contributed by atoms with Gasteiger partial charge in [0.2, 0.25) is 0 Å². The summed E-state index contributed by atoms with van der Waals surface area (Å²) < 4.78 is 1.99. The third-order valence-electron chi connectivity index (χ3n) is 9.64. The molecule has 0 N–H and O–H groups in total. The van der Waals surface area contributed by atoms with Gasteiger partial charge in [0, 0.05) is 57.8 Å². The third-order valence-corrected chi connectivity index (χ3v) is 9.64. The van der Waals surface area contributed by atoms with Crippen molar-refractivity contribution >= 4 is 39.3 Å². The maximum Gasteiger partial charge on any atom is 0.268 e. The Morgan fingerprint density at radius 1 is 0.500 bits per heavy atom. The monoisotopic (exact) mass is 668 g/mol. The number of carbonyl (C=O) groups is 2. The number of hydrogen-bond donors (Lipinski definition) is 0. The predicted molar refractivity (Wildman–Crippen MR) is 200 cm³/mol. The zero-order chi connectivity index (χ0) is 35.3. The number of nitriles is 2. The van der Waals surface area contributed by atoms with Crippen LogP contribution in [0, 0.1) is 22.7 Å². The molecule has 0 radical (unpaired) electrons. The standard InChI is InChI=1S/C44H24N6O2/c45-23-29-19-21-47-25-37(29)34-11-4-9-32-33-10-5-12-35(38-26-48-22-20-30(38)24-46)42(33)50(41(32)34)39-14-6-13-36-40(39)44(52)49(43(36)51)31-17-15-28(16-18-31)27-7-2-1-3-8-27/h1-22,25-26H. The van der Waals surface area contributed by atoms with E-state index in [0.717, 1.165) is 44.1 Å². The first-order chi connectivity index (χ1) is 25.6. The molecule has 3 aromatic heterocycles. The van der Waals surface area contributed by atoms with Gasteiger partial charge in [0.15, 0.2) is 0 Å². The lowest BCUT2D eigenvalue weighted by Crippen LogP contribution is -2.29. The number of para-hydroxylation sites is 2. The number of anilines is 1. The van der Waals surface area contributed by atoms with Crippen LogP contribution in [0.25, 0.3) is 60.9 Å². The molecule has 4 heterocycles. The zero-order valence-corrected chi connectivity index (χ0v) is 27.4. The number of aromatic nitrogens is 3. The smallest absolute Gasteiger partial charge is 0.268 e. The van der Waals surface area contributed by atoms with Gasteiger partial charge in [-0.2, -0.15) is 10.5 Å². The van der Waals surface area contributed by atoms with Gasteiger partial charge in [0.1, 0.15) is 0 Å². The fourth-order valence-electron chi connectivity index (χ4n) is 7.33. The first-order valence-corrected chi connectivity index (χ1v) is 16.5. The molecular formula is C44H24N6O2. The molecule has 0 fully saturated rings. The highest BCUT2D eigenvalue weighted by atomic mass is 16.2. The lowest BCUT2D eigenvalue weighted by atomic mass is 9.98. The molecule has 2 amide bonds. The minimum atomic E-state index is -0.453. The Bertz CT molecular complexity index is 2750. The Balaban J connectivity index is 1.33. The molecule has 8 aromatic rings. The Morgan fingerprint density at radius 3 is 1.62 bits per heavy atom. The fraction of sp³-hybridized carbons (Fsp3) is 0. The predicted octanol–water partition coefficient (Wildman–Crippen LogP) is 9.12. The van der Waals surface area contributed by atoms with E-state index < -0.39 is 11.8 Å². The van der Waals surface area contributed by atoms with Gasteiger partial charge in [-0.1, -0.05) is 84.9 Å². The molecular weight excluding hydrogens is 645 g/mol. The maximum atomic E-state index is 14.6. The highest BCUT2D eigenvalue weighted by Crippen LogP contribution is 2.44. The average Bonchev–Trinajstić information content (AvgIpc) is 3.69. The highest BCUT2D eigenvalue weighted by Gasteiger charge is 2.39. The normalized spacial score (nSPS) is 12.2. The Hall–Kier alpha value is -7.68. The van der Waals surface area contributed by atoms with Gasteiger partial charge in [0.25, 0.3) is 11.8 Å². The van der Waals surface area contributed by atoms with E-state index in [9.17, 15) is 20.1 Å². The van der Waals surface area contributed by atoms with Crippen LogP contribution in [-0.4, -0.2) is 26.3 Å². The Kier molecular flexibility index (Phi) is 7.03. The van der Waals surface area contributed by atoms with Gasteiger partial charge in [-0.25, -0.2) is 4.90 Å². The van der Waals surface area contributed by atoms with Crippen LogP contribution >= 0.6 is 0 Å². The second kappa shape index (κ2) is 12.0. The second-order valence-corrected chi connectivity index (χ2v) is 12.4. The molecule has 0 spiro atoms. The van der Waals surface area contributed by atoms with Crippen LogP contribution in [0.15, 0.2) is 146 Å². The van der Waals surface area contributed by atoms with E-state index in [1.807, 2.05) is 89.5 Å². The number of nitrogens with zero attached hydrogens (tertiary/aromatic N) is 6. The first-order valence-electron chi connectivity index (χ1n) is 16.5. The molecule has 242 valence electrons. The van der Waals surface area contributed by atoms with E-state index in [1.165, 1.54) is 4.90 Å². The number of rotatable bonds is 5. The van der Waals surface area contributed by atoms with Crippen molar-refractivity contribution in [1.82, 2.24) is 14.5 Å². The lowest BCUT2D eigenvalue weighted by molar-refractivity contribution is 0.0926. The average molecular weight is 669 g/mol. The Morgan fingerprint density at radius 2 is 1.04 bits per heavy atom. The topological polar surface area (TPSA) is 116 Å². The summed E-state index contributed by atoms with van der Waals surface area (Å²) in [6.45, 7) is 0. The maximum absolute atomic E-state index is 14.6. The molecule has 0 bridgehead atoms.